The number of halogens is 1. The monoisotopic (exact) mass is 402 g/mol. The van der Waals surface area contributed by atoms with Gasteiger partial charge in [0.1, 0.15) is 17.1 Å². The van der Waals surface area contributed by atoms with E-state index in [1.165, 1.54) is 29.0 Å². The van der Waals surface area contributed by atoms with Gasteiger partial charge in [-0.2, -0.15) is 0 Å². The summed E-state index contributed by atoms with van der Waals surface area (Å²) < 4.78 is 20.8. The summed E-state index contributed by atoms with van der Waals surface area (Å²) in [4.78, 5) is 37.6. The van der Waals surface area contributed by atoms with Crippen LogP contribution in [-0.4, -0.2) is 34.1 Å². The molecule has 1 aliphatic heterocycles. The first-order valence-electron chi connectivity index (χ1n) is 9.51. The highest BCUT2D eigenvalue weighted by Crippen LogP contribution is 2.20. The van der Waals surface area contributed by atoms with Gasteiger partial charge in [0.05, 0.1) is 6.10 Å². The number of rotatable bonds is 3. The van der Waals surface area contributed by atoms with Gasteiger partial charge in [-0.3, -0.25) is 14.4 Å². The smallest absolute Gasteiger partial charge is 0.257 e. The molecular formula is C21H23FN2O5. The molecule has 7 nitrogen and oxygen atoms in total. The van der Waals surface area contributed by atoms with Gasteiger partial charge in [-0.25, -0.2) is 4.39 Å². The van der Waals surface area contributed by atoms with Crippen LogP contribution < -0.4 is 10.7 Å². The van der Waals surface area contributed by atoms with E-state index in [9.17, 15) is 23.9 Å². The third-order valence-corrected chi connectivity index (χ3v) is 4.82. The number of benzene rings is 1. The molecule has 0 saturated heterocycles. The fourth-order valence-electron chi connectivity index (χ4n) is 3.28. The maximum atomic E-state index is 13.7. The topological polar surface area (TPSA) is 97.6 Å². The average Bonchev–Trinajstić information content (AvgIpc) is 2.69. The molecule has 8 heteroatoms. The van der Waals surface area contributed by atoms with Crippen LogP contribution in [0, 0.1) is 5.82 Å². The number of hydrogen-bond acceptors (Lipinski definition) is 5. The third-order valence-electron chi connectivity index (χ3n) is 4.82. The molecule has 29 heavy (non-hydrogen) atoms. The Morgan fingerprint density at radius 2 is 2.07 bits per heavy atom. The van der Waals surface area contributed by atoms with Crippen LogP contribution in [0.4, 0.5) is 4.39 Å². The van der Waals surface area contributed by atoms with Crippen molar-refractivity contribution in [3.8, 4) is 5.75 Å². The van der Waals surface area contributed by atoms with Crippen LogP contribution in [0.15, 0.2) is 35.3 Å². The number of ether oxygens (including phenoxy) is 1. The zero-order valence-corrected chi connectivity index (χ0v) is 16.1. The highest BCUT2D eigenvalue weighted by Gasteiger charge is 2.25. The van der Waals surface area contributed by atoms with Gasteiger partial charge in [0.15, 0.2) is 11.5 Å². The lowest BCUT2D eigenvalue weighted by Gasteiger charge is -2.21. The summed E-state index contributed by atoms with van der Waals surface area (Å²) >= 11 is 0. The number of carbonyl (C=O) groups is 2. The van der Waals surface area contributed by atoms with Crippen LogP contribution in [0.2, 0.25) is 0 Å². The number of carbonyl (C=O) groups excluding carboxylic acids is 2. The van der Waals surface area contributed by atoms with E-state index in [1.807, 2.05) is 6.92 Å². The van der Waals surface area contributed by atoms with Crippen molar-refractivity contribution in [1.82, 2.24) is 9.88 Å². The summed E-state index contributed by atoms with van der Waals surface area (Å²) in [5.41, 5.74) is -1.10. The number of nitrogens with zero attached hydrogens (tertiary/aromatic N) is 1. The Hall–Kier alpha value is -3.00. The summed E-state index contributed by atoms with van der Waals surface area (Å²) in [6.45, 7) is 2.39. The van der Waals surface area contributed by atoms with Crippen molar-refractivity contribution in [2.75, 3.05) is 6.61 Å². The molecule has 1 amide bonds. The molecule has 1 aliphatic rings. The standard InChI is InChI=1S/C21H23FN2O5/c1-13-11-24-12-15(21(28)23-10-14-6-2-3-7-16(14)22)19(26)20(27)18(24)17(25)8-4-5-9-29-13/h2-3,6-7,12-13,27H,4-5,8-11H2,1H3,(H,23,28)/t13-/m1/s1. The normalized spacial score (nSPS) is 17.4. The molecule has 2 N–H and O–H groups in total. The molecule has 2 aromatic rings. The molecule has 1 atom stereocenters. The second-order valence-electron chi connectivity index (χ2n) is 7.06. The molecule has 154 valence electrons. The van der Waals surface area contributed by atoms with Gasteiger partial charge in [-0.05, 0) is 25.8 Å². The Kier molecular flexibility index (Phi) is 6.43. The second kappa shape index (κ2) is 9.00. The first-order valence-corrected chi connectivity index (χ1v) is 9.51. The molecule has 0 fully saturated rings. The first kappa shape index (κ1) is 20.7. The Labute approximate surface area is 167 Å². The zero-order valence-electron chi connectivity index (χ0n) is 16.1. The van der Waals surface area contributed by atoms with E-state index in [1.54, 1.807) is 6.07 Å². The van der Waals surface area contributed by atoms with Gasteiger partial charge in [-0.15, -0.1) is 0 Å². The van der Waals surface area contributed by atoms with E-state index in [4.69, 9.17) is 4.74 Å². The van der Waals surface area contributed by atoms with Crippen molar-refractivity contribution >= 4 is 11.7 Å². The molecule has 0 saturated carbocycles. The van der Waals surface area contributed by atoms with Gasteiger partial charge in [0, 0.05) is 37.9 Å². The van der Waals surface area contributed by atoms with E-state index in [2.05, 4.69) is 5.32 Å². The van der Waals surface area contributed by atoms with Crippen molar-refractivity contribution < 1.29 is 23.8 Å². The van der Waals surface area contributed by atoms with Crippen molar-refractivity contribution in [3.63, 3.8) is 0 Å². The van der Waals surface area contributed by atoms with Crippen molar-refractivity contribution in [2.45, 2.75) is 45.4 Å². The Morgan fingerprint density at radius 1 is 1.31 bits per heavy atom. The Morgan fingerprint density at radius 3 is 2.83 bits per heavy atom. The molecule has 0 aliphatic carbocycles. The number of hydrogen-bond donors (Lipinski definition) is 2. The quantitative estimate of drug-likeness (QED) is 0.822. The number of fused-ring (bicyclic) bond motifs is 1. The minimum absolute atomic E-state index is 0.113. The van der Waals surface area contributed by atoms with Crippen LogP contribution in [0.3, 0.4) is 0 Å². The summed E-state index contributed by atoms with van der Waals surface area (Å²) in [7, 11) is 0. The number of pyridine rings is 1. The van der Waals surface area contributed by atoms with E-state index < -0.39 is 22.9 Å². The lowest BCUT2D eigenvalue weighted by molar-refractivity contribution is 0.0485. The predicted octanol–water partition coefficient (Wildman–Crippen LogP) is 2.39. The first-order chi connectivity index (χ1) is 13.9. The van der Waals surface area contributed by atoms with Gasteiger partial charge in [0.2, 0.25) is 5.43 Å². The minimum Gasteiger partial charge on any atom is -0.503 e. The predicted molar refractivity (Wildman–Crippen MR) is 104 cm³/mol. The lowest BCUT2D eigenvalue weighted by Crippen LogP contribution is -2.32. The SMILES string of the molecule is C[C@@H]1Cn2cc(C(=O)NCc3ccccc3F)c(=O)c(O)c2C(=O)CCCCO1. The largest absolute Gasteiger partial charge is 0.503 e. The van der Waals surface area contributed by atoms with E-state index in [-0.39, 0.29) is 48.2 Å². The fourth-order valence-corrected chi connectivity index (χ4v) is 3.28. The molecule has 0 radical (unpaired) electrons. The maximum Gasteiger partial charge on any atom is 0.257 e. The van der Waals surface area contributed by atoms with E-state index in [0.717, 1.165) is 0 Å². The third kappa shape index (κ3) is 4.71. The number of ketones is 1. The van der Waals surface area contributed by atoms with Gasteiger partial charge >= 0.3 is 0 Å². The number of amides is 1. The van der Waals surface area contributed by atoms with E-state index in [0.29, 0.717) is 19.4 Å². The Bertz CT molecular complexity index is 986. The molecule has 3 rings (SSSR count). The zero-order chi connectivity index (χ0) is 21.0. The molecule has 1 aromatic carbocycles. The molecule has 0 unspecified atom stereocenters. The van der Waals surface area contributed by atoms with Gasteiger partial charge in [0.25, 0.3) is 5.91 Å². The van der Waals surface area contributed by atoms with Crippen molar-refractivity contribution in [1.29, 1.82) is 0 Å². The lowest BCUT2D eigenvalue weighted by atomic mass is 10.1. The molecule has 0 bridgehead atoms. The van der Waals surface area contributed by atoms with Crippen LogP contribution in [0.1, 0.15) is 52.6 Å². The van der Waals surface area contributed by atoms with Crippen molar-refractivity contribution in [3.05, 3.63) is 63.3 Å². The second-order valence-corrected chi connectivity index (χ2v) is 7.06. The fraction of sp³-hybridized carbons (Fsp3) is 0.381. The molecule has 2 heterocycles. The average molecular weight is 402 g/mol. The highest BCUT2D eigenvalue weighted by atomic mass is 19.1. The van der Waals surface area contributed by atoms with Crippen LogP contribution in [0.25, 0.3) is 0 Å². The number of nitrogens with one attached hydrogen (secondary N) is 1. The summed E-state index contributed by atoms with van der Waals surface area (Å²) in [6, 6.07) is 5.96. The van der Waals surface area contributed by atoms with E-state index >= 15 is 0 Å². The minimum atomic E-state index is -0.929. The summed E-state index contributed by atoms with van der Waals surface area (Å²) in [6.07, 6.45) is 2.43. The van der Waals surface area contributed by atoms with Gasteiger partial charge in [-0.1, -0.05) is 18.2 Å². The summed E-state index contributed by atoms with van der Waals surface area (Å²) in [5, 5.41) is 12.9. The van der Waals surface area contributed by atoms with Crippen LogP contribution in [-0.2, 0) is 17.8 Å². The molecule has 1 aromatic heterocycles. The number of aromatic hydroxyl groups is 1. The van der Waals surface area contributed by atoms with Gasteiger partial charge < -0.3 is 19.7 Å². The van der Waals surface area contributed by atoms with Crippen LogP contribution in [0.5, 0.6) is 5.75 Å². The summed E-state index contributed by atoms with van der Waals surface area (Å²) in [5.74, 6) is -2.34. The molecular weight excluding hydrogens is 379 g/mol. The highest BCUT2D eigenvalue weighted by molar-refractivity contribution is 5.99. The van der Waals surface area contributed by atoms with Crippen LogP contribution >= 0.6 is 0 Å². The molecule has 0 spiro atoms. The number of aromatic nitrogens is 1. The number of Topliss-reactive ketones (excluding diaryl/α,β-unsaturated/α-hetero) is 1. The van der Waals surface area contributed by atoms with Crippen molar-refractivity contribution in [2.24, 2.45) is 0 Å². The maximum absolute atomic E-state index is 13.7. The Balaban J connectivity index is 1.93.